The summed E-state index contributed by atoms with van der Waals surface area (Å²) in [4.78, 5) is 0. The third kappa shape index (κ3) is 4.02. The highest BCUT2D eigenvalue weighted by Crippen LogP contribution is 1.86. The zero-order valence-corrected chi connectivity index (χ0v) is 3.60. The summed E-state index contributed by atoms with van der Waals surface area (Å²) in [5, 5.41) is 0. The number of rotatable bonds is 2. The average Bonchev–Trinajstić information content (AvgIpc) is 1.41. The van der Waals surface area contributed by atoms with Crippen LogP contribution in [0.2, 0.25) is 0 Å². The molecule has 0 aromatic rings. The second kappa shape index (κ2) is 4.02. The van der Waals surface area contributed by atoms with Gasteiger partial charge in [0.25, 0.3) is 0 Å². The van der Waals surface area contributed by atoms with Gasteiger partial charge in [-0.2, -0.15) is 0 Å². The summed E-state index contributed by atoms with van der Waals surface area (Å²) in [6.45, 7) is 0.0436. The number of nitrogens with two attached hydrogens (primary N) is 1. The van der Waals surface area contributed by atoms with Crippen LogP contribution in [0.25, 0.3) is 0 Å². The fourth-order valence-electron chi connectivity index (χ4n) is 0.0340. The van der Waals surface area contributed by atoms with Crippen LogP contribution in [0.1, 0.15) is 0 Å². The molecule has 0 radical (unpaired) electrons. The zero-order chi connectivity index (χ0) is 4.12. The molecule has 4 heteroatoms. The van der Waals surface area contributed by atoms with Gasteiger partial charge in [0, 0.05) is 0 Å². The Kier molecular flexibility index (Phi) is 4.04. The summed E-state index contributed by atoms with van der Waals surface area (Å²) in [6, 6.07) is 0. The summed E-state index contributed by atoms with van der Waals surface area (Å²) in [7, 11) is -0.717. The van der Waals surface area contributed by atoms with Gasteiger partial charge in [-0.15, -0.1) is 4.52 Å². The summed E-state index contributed by atoms with van der Waals surface area (Å²) in [5.74, 6) is 0. The van der Waals surface area contributed by atoms with Gasteiger partial charge in [0.15, 0.2) is 6.73 Å². The molecule has 0 aromatic heterocycles. The smallest absolute Gasteiger partial charge is 0.305 e. The quantitative estimate of drug-likeness (QED) is 0.382. The summed E-state index contributed by atoms with van der Waals surface area (Å²) in [5.41, 5.74) is 4.72. The predicted octanol–water partition coefficient (Wildman–Crippen LogP) is -0.142. The highest BCUT2D eigenvalue weighted by atomic mass is 31.1. The molecule has 1 unspecified atom stereocenters. The Morgan fingerprint density at radius 2 is 2.60 bits per heavy atom. The van der Waals surface area contributed by atoms with E-state index < -0.39 is 8.69 Å². The maximum absolute atomic E-state index is 9.26. The molecule has 1 atom stereocenters. The molecule has 3 nitrogen and oxygen atoms in total. The maximum Gasteiger partial charge on any atom is 0.495 e. The van der Waals surface area contributed by atoms with Crippen LogP contribution in [0.15, 0.2) is 0 Å². The lowest BCUT2D eigenvalue weighted by atomic mass is 11.4. The van der Waals surface area contributed by atoms with Crippen molar-refractivity contribution in [1.82, 2.24) is 0 Å². The first kappa shape index (κ1) is 5.02. The van der Waals surface area contributed by atoms with E-state index in [-0.39, 0.29) is 6.73 Å². The first-order chi connectivity index (χ1) is 2.41. The van der Waals surface area contributed by atoms with Crippen LogP contribution >= 0.6 is 8.69 Å². The van der Waals surface area contributed by atoms with Gasteiger partial charge in [-0.25, -0.2) is 0 Å². The monoisotopic (exact) mass is 94.0 g/mol. The molecular formula is CH5NO2P+. The Labute approximate surface area is 31.4 Å². The van der Waals surface area contributed by atoms with Crippen molar-refractivity contribution in [3.8, 4) is 0 Å². The largest absolute Gasteiger partial charge is 0.495 e. The Bertz CT molecular complexity index is 30.8. The topological polar surface area (TPSA) is 52.3 Å². The van der Waals surface area contributed by atoms with E-state index in [9.17, 15) is 4.57 Å². The number of hydrogen-bond donors (Lipinski definition) is 1. The maximum atomic E-state index is 9.26. The molecule has 0 aliphatic rings. The van der Waals surface area contributed by atoms with Crippen LogP contribution in [0.5, 0.6) is 0 Å². The van der Waals surface area contributed by atoms with Crippen LogP contribution in [-0.2, 0) is 9.09 Å². The van der Waals surface area contributed by atoms with E-state index in [0.717, 1.165) is 0 Å². The molecule has 0 aromatic carbocycles. The van der Waals surface area contributed by atoms with E-state index in [1.165, 1.54) is 0 Å². The average molecular weight is 94.0 g/mol. The highest BCUT2D eigenvalue weighted by Gasteiger charge is 1.76. The minimum absolute atomic E-state index is 0.0436. The third-order valence-corrected chi connectivity index (χ3v) is 0.427. The molecule has 0 saturated carbocycles. The first-order valence-electron chi connectivity index (χ1n) is 1.11. The van der Waals surface area contributed by atoms with Crippen molar-refractivity contribution >= 4 is 8.69 Å². The lowest BCUT2D eigenvalue weighted by Gasteiger charge is -1.64. The third-order valence-electron chi connectivity index (χ3n) is 0.142. The van der Waals surface area contributed by atoms with Crippen LogP contribution < -0.4 is 5.73 Å². The lowest BCUT2D eigenvalue weighted by molar-refractivity contribution is 0.355. The van der Waals surface area contributed by atoms with Crippen LogP contribution in [0.3, 0.4) is 0 Å². The summed E-state index contributed by atoms with van der Waals surface area (Å²) >= 11 is 0. The minimum Gasteiger partial charge on any atom is -0.305 e. The van der Waals surface area contributed by atoms with E-state index >= 15 is 0 Å². The Balaban J connectivity index is 2.40. The molecule has 30 valence electrons. The van der Waals surface area contributed by atoms with Gasteiger partial charge in [-0.1, -0.05) is 0 Å². The predicted molar refractivity (Wildman–Crippen MR) is 19.1 cm³/mol. The second-order valence-electron chi connectivity index (χ2n) is 0.394. The van der Waals surface area contributed by atoms with Gasteiger partial charge in [0.1, 0.15) is 0 Å². The Morgan fingerprint density at radius 1 is 2.00 bits per heavy atom. The fourth-order valence-corrected chi connectivity index (χ4v) is 0.102. The van der Waals surface area contributed by atoms with Crippen molar-refractivity contribution in [3.63, 3.8) is 0 Å². The molecule has 0 saturated heterocycles. The molecule has 0 bridgehead atoms. The molecule has 5 heavy (non-hydrogen) atoms. The first-order valence-corrected chi connectivity index (χ1v) is 1.92. The highest BCUT2D eigenvalue weighted by molar-refractivity contribution is 7.17. The van der Waals surface area contributed by atoms with Crippen LogP contribution in [0.4, 0.5) is 0 Å². The van der Waals surface area contributed by atoms with Crippen LogP contribution in [0, 0.1) is 0 Å². The van der Waals surface area contributed by atoms with Gasteiger partial charge < -0.3 is 5.73 Å². The minimum atomic E-state index is -0.717. The lowest BCUT2D eigenvalue weighted by Crippen LogP contribution is -1.95. The molecule has 0 fully saturated rings. The molecular weight excluding hydrogens is 89.0 g/mol. The van der Waals surface area contributed by atoms with E-state index in [0.29, 0.717) is 0 Å². The van der Waals surface area contributed by atoms with E-state index in [2.05, 4.69) is 4.52 Å². The van der Waals surface area contributed by atoms with Gasteiger partial charge in [0.05, 0.1) is 0 Å². The van der Waals surface area contributed by atoms with Crippen molar-refractivity contribution in [2.45, 2.75) is 0 Å². The van der Waals surface area contributed by atoms with Gasteiger partial charge in [-0.05, 0) is 4.57 Å². The SMILES string of the molecule is NCO[PH+]=O. The van der Waals surface area contributed by atoms with Crippen molar-refractivity contribution in [1.29, 1.82) is 0 Å². The molecule has 0 rings (SSSR count). The van der Waals surface area contributed by atoms with Gasteiger partial charge in [-0.3, -0.25) is 0 Å². The van der Waals surface area contributed by atoms with Crippen molar-refractivity contribution < 1.29 is 9.09 Å². The summed E-state index contributed by atoms with van der Waals surface area (Å²) < 4.78 is 13.3. The van der Waals surface area contributed by atoms with Gasteiger partial charge >= 0.3 is 8.69 Å². The molecule has 0 aliphatic carbocycles. The molecule has 0 heterocycles. The second-order valence-corrected chi connectivity index (χ2v) is 0.850. The van der Waals surface area contributed by atoms with E-state index in [1.54, 1.807) is 0 Å². The van der Waals surface area contributed by atoms with Crippen molar-refractivity contribution in [2.24, 2.45) is 5.73 Å². The van der Waals surface area contributed by atoms with Gasteiger partial charge in [0.2, 0.25) is 0 Å². The Morgan fingerprint density at radius 3 is 2.60 bits per heavy atom. The molecule has 0 amide bonds. The normalized spacial score (nSPS) is 9.00. The standard InChI is InChI=1S/CH5NO2P/c2-1-4-5-3/h5H,1-2H2/q+1. The van der Waals surface area contributed by atoms with E-state index in [1.807, 2.05) is 0 Å². The van der Waals surface area contributed by atoms with Crippen molar-refractivity contribution in [3.05, 3.63) is 0 Å². The Hall–Kier alpha value is 0.0200. The molecule has 0 aliphatic heterocycles. The molecule has 2 N–H and O–H groups in total. The summed E-state index contributed by atoms with van der Waals surface area (Å²) in [6.07, 6.45) is 0. The van der Waals surface area contributed by atoms with Crippen LogP contribution in [-0.4, -0.2) is 6.73 Å². The van der Waals surface area contributed by atoms with Crippen molar-refractivity contribution in [2.75, 3.05) is 6.73 Å². The molecule has 0 spiro atoms. The number of hydrogen-bond acceptors (Lipinski definition) is 3. The van der Waals surface area contributed by atoms with E-state index in [4.69, 9.17) is 5.73 Å². The fraction of sp³-hybridized carbons (Fsp3) is 1.00. The zero-order valence-electron chi connectivity index (χ0n) is 2.60.